The van der Waals surface area contributed by atoms with Gasteiger partial charge < -0.3 is 41.0 Å². The highest BCUT2D eigenvalue weighted by Gasteiger charge is 2.19. The molecule has 6 N–H and O–H groups in total. The molecule has 0 spiro atoms. The maximum Gasteiger partial charge on any atom is 0.337 e. The van der Waals surface area contributed by atoms with Crippen LogP contribution in [-0.4, -0.2) is 61.6 Å². The fourth-order valence-electron chi connectivity index (χ4n) is 6.04. The summed E-state index contributed by atoms with van der Waals surface area (Å²) in [5.41, 5.74) is 4.20. The number of benzene rings is 6. The number of hydrogen-bond donors (Lipinski definition) is 6. The Morgan fingerprint density at radius 2 is 1.21 bits per heavy atom. The summed E-state index contributed by atoms with van der Waals surface area (Å²) < 4.78 is 47.5. The van der Waals surface area contributed by atoms with Crippen molar-refractivity contribution in [2.45, 2.75) is 64.0 Å². The Kier molecular flexibility index (Phi) is 18.9. The lowest BCUT2D eigenvalue weighted by Gasteiger charge is -2.15. The second kappa shape index (κ2) is 24.5. The number of halogens is 1. The normalized spacial score (nSPS) is 11.0. The van der Waals surface area contributed by atoms with Gasteiger partial charge in [0, 0.05) is 35.4 Å². The fourth-order valence-corrected chi connectivity index (χ4v) is 7.10. The van der Waals surface area contributed by atoms with Crippen LogP contribution in [0.3, 0.4) is 0 Å². The Morgan fingerprint density at radius 1 is 0.662 bits per heavy atom. The van der Waals surface area contributed by atoms with E-state index in [1.807, 2.05) is 56.3 Å². The third kappa shape index (κ3) is 14.5. The second-order valence-corrected chi connectivity index (χ2v) is 18.0. The predicted molar refractivity (Wildman–Crippen MR) is 259 cm³/mol. The maximum absolute atomic E-state index is 13.7. The van der Waals surface area contributed by atoms with Gasteiger partial charge in [0.1, 0.15) is 23.1 Å². The van der Waals surface area contributed by atoms with Crippen molar-refractivity contribution >= 4 is 63.2 Å². The molecule has 356 valence electrons. The summed E-state index contributed by atoms with van der Waals surface area (Å²) in [6.45, 7) is 11.4. The molecule has 1 unspecified atom stereocenters. The summed E-state index contributed by atoms with van der Waals surface area (Å²) in [4.78, 5) is 58.0. The first-order valence-corrected chi connectivity index (χ1v) is 22.6. The predicted octanol–water partition coefficient (Wildman–Crippen LogP) is 10.1. The van der Waals surface area contributed by atoms with Gasteiger partial charge in [-0.05, 0) is 106 Å². The monoisotopic (exact) mass is 948 g/mol. The van der Waals surface area contributed by atoms with Crippen LogP contribution in [0.5, 0.6) is 23.0 Å². The number of phenols is 2. The van der Waals surface area contributed by atoms with E-state index in [1.54, 1.807) is 44.2 Å². The minimum Gasteiger partial charge on any atom is -0.506 e. The van der Waals surface area contributed by atoms with E-state index < -0.39 is 33.4 Å². The molecule has 0 saturated heterocycles. The first-order valence-electron chi connectivity index (χ1n) is 21.1. The number of methoxy groups -OCH3 is 1. The quantitative estimate of drug-likeness (QED) is 0.0322. The zero-order valence-electron chi connectivity index (χ0n) is 38.4. The Morgan fingerprint density at radius 3 is 1.75 bits per heavy atom. The summed E-state index contributed by atoms with van der Waals surface area (Å²) in [5, 5.41) is 29.4. The van der Waals surface area contributed by atoms with Gasteiger partial charge in [-0.15, -0.1) is 0 Å². The highest BCUT2D eigenvalue weighted by atomic mass is 32.2. The number of hydrogen-bond acceptors (Lipinski definition) is 11. The van der Waals surface area contributed by atoms with Gasteiger partial charge >= 0.3 is 5.97 Å². The molecule has 1 atom stereocenters. The van der Waals surface area contributed by atoms with Crippen LogP contribution in [0.4, 0.5) is 27.1 Å². The van der Waals surface area contributed by atoms with E-state index in [0.29, 0.717) is 40.5 Å². The van der Waals surface area contributed by atoms with Crippen molar-refractivity contribution < 1.29 is 56.5 Å². The molecule has 0 heterocycles. The van der Waals surface area contributed by atoms with Crippen molar-refractivity contribution in [1.82, 2.24) is 0 Å². The van der Waals surface area contributed by atoms with Crippen molar-refractivity contribution in [3.8, 4) is 23.0 Å². The zero-order chi connectivity index (χ0) is 50.1. The molecule has 0 aliphatic heterocycles. The van der Waals surface area contributed by atoms with E-state index in [9.17, 15) is 47.0 Å². The topological polar surface area (TPSA) is 227 Å². The smallest absolute Gasteiger partial charge is 0.337 e. The maximum atomic E-state index is 13.7. The number of rotatable bonds is 15. The summed E-state index contributed by atoms with van der Waals surface area (Å²) >= 11 is 0. The molecule has 0 aromatic heterocycles. The van der Waals surface area contributed by atoms with Gasteiger partial charge in [-0.25, -0.2) is 17.6 Å². The molecule has 15 nitrogen and oxygen atoms in total. The Labute approximate surface area is 394 Å². The molecule has 0 fully saturated rings. The minimum absolute atomic E-state index is 0.0737. The lowest BCUT2D eigenvalue weighted by atomic mass is 9.99. The summed E-state index contributed by atoms with van der Waals surface area (Å²) in [6.07, 6.45) is 1.78. The first kappa shape index (κ1) is 52.6. The number of nitrogens with one attached hydrogen (secondary N) is 4. The van der Waals surface area contributed by atoms with Crippen LogP contribution < -0.4 is 26.0 Å². The van der Waals surface area contributed by atoms with Crippen molar-refractivity contribution in [2.75, 3.05) is 28.4 Å². The lowest BCUT2D eigenvalue weighted by Crippen LogP contribution is -2.13. The first-order chi connectivity index (χ1) is 32.3. The van der Waals surface area contributed by atoms with E-state index in [0.717, 1.165) is 29.7 Å². The number of aromatic hydroxyl groups is 2. The number of anilines is 4. The molecule has 4 amide bonds. The molecule has 0 aliphatic carbocycles. The van der Waals surface area contributed by atoms with Crippen LogP contribution in [0.1, 0.15) is 87.8 Å². The van der Waals surface area contributed by atoms with Crippen LogP contribution in [0.25, 0.3) is 0 Å². The Balaban J connectivity index is 0.000000250. The van der Waals surface area contributed by atoms with Crippen LogP contribution >= 0.6 is 0 Å². The lowest BCUT2D eigenvalue weighted by molar-refractivity contribution is -0.106. The van der Waals surface area contributed by atoms with E-state index in [2.05, 4.69) is 39.9 Å². The number of amides is 4. The summed E-state index contributed by atoms with van der Waals surface area (Å²) in [5.74, 6) is -1.68. The average molecular weight is 949 g/mol. The molecule has 6 aromatic rings. The molecule has 17 heteroatoms. The molecule has 0 bridgehead atoms. The number of carbonyl (C=O) groups excluding carboxylic acids is 5. The SMILES string of the molecule is CCC(C)c1ccc(Oc2cc(NC(=O)c3ccc(C(=O)OC)cc3)c(O)cc2NC=O)cc1.Cc1ccc(S(=O)(=O)C(C)C)cc1.Cc1cccc(C(=O)Nc2cc(F)c(NC=O)cc2O)c1. The van der Waals surface area contributed by atoms with E-state index in [1.165, 1.54) is 49.1 Å². The number of phenolic OH excluding ortho intramolecular Hbond substituents is 2. The van der Waals surface area contributed by atoms with E-state index in [-0.39, 0.29) is 50.8 Å². The second-order valence-electron chi connectivity index (χ2n) is 15.5. The van der Waals surface area contributed by atoms with Gasteiger partial charge in [0.2, 0.25) is 12.8 Å². The Hall–Kier alpha value is -8.05. The highest BCUT2D eigenvalue weighted by Crippen LogP contribution is 2.39. The van der Waals surface area contributed by atoms with Crippen LogP contribution in [0, 0.1) is 19.7 Å². The van der Waals surface area contributed by atoms with Crippen molar-refractivity contribution in [1.29, 1.82) is 0 Å². The number of sulfone groups is 1. The standard InChI is InChI=1S/C26H26N2O6.C15H13FN2O3.C10H14O2S/c1-4-16(2)17-9-11-20(12-10-17)34-24-14-21(23(30)13-22(24)27-15-29)28-25(31)18-5-7-19(8-6-18)26(32)33-3;1-9-3-2-4-10(5-9)15(21)18-13-6-11(16)12(17-8-19)7-14(13)20;1-8(2)13(11,12)10-6-4-9(3)5-7-10/h5-16,30H,4H2,1-3H3,(H,27,29)(H,28,31);2-8,20H,1H3,(H,17,19)(H,18,21);4-8H,1-3H3. The fraction of sp³-hybridized carbons (Fsp3) is 0.196. The largest absolute Gasteiger partial charge is 0.506 e. The van der Waals surface area contributed by atoms with E-state index in [4.69, 9.17) is 4.74 Å². The zero-order valence-corrected chi connectivity index (χ0v) is 39.2. The van der Waals surface area contributed by atoms with Gasteiger partial charge in [0.15, 0.2) is 15.6 Å². The van der Waals surface area contributed by atoms with Gasteiger partial charge in [0.05, 0.1) is 45.6 Å². The third-order valence-electron chi connectivity index (χ3n) is 10.2. The third-order valence-corrected chi connectivity index (χ3v) is 12.4. The molecule has 68 heavy (non-hydrogen) atoms. The molecule has 0 aliphatic rings. The molecule has 6 rings (SSSR count). The summed E-state index contributed by atoms with van der Waals surface area (Å²) in [7, 11) is -1.82. The highest BCUT2D eigenvalue weighted by molar-refractivity contribution is 7.92. The van der Waals surface area contributed by atoms with Crippen LogP contribution in [-0.2, 0) is 24.2 Å². The summed E-state index contributed by atoms with van der Waals surface area (Å²) in [6, 6.07) is 31.9. The van der Waals surface area contributed by atoms with Crippen LogP contribution in [0.15, 0.2) is 126 Å². The number of aryl methyl sites for hydroxylation is 2. The van der Waals surface area contributed by atoms with Crippen molar-refractivity contribution in [3.63, 3.8) is 0 Å². The number of esters is 1. The molecular formula is C51H53FN4O11S. The van der Waals surface area contributed by atoms with Crippen molar-refractivity contribution in [2.24, 2.45) is 0 Å². The molecular weight excluding hydrogens is 896 g/mol. The van der Waals surface area contributed by atoms with Crippen molar-refractivity contribution in [3.05, 3.63) is 161 Å². The van der Waals surface area contributed by atoms with Gasteiger partial charge in [-0.2, -0.15) is 0 Å². The van der Waals surface area contributed by atoms with E-state index >= 15 is 0 Å². The molecule has 0 saturated carbocycles. The minimum atomic E-state index is -3.09. The van der Waals surface area contributed by atoms with Gasteiger partial charge in [-0.1, -0.05) is 61.4 Å². The Bertz CT molecular complexity index is 2840. The van der Waals surface area contributed by atoms with Gasteiger partial charge in [0.25, 0.3) is 11.8 Å². The molecule has 0 radical (unpaired) electrons. The molecule has 6 aromatic carbocycles. The number of carbonyl (C=O) groups is 5. The number of ether oxygens (including phenoxy) is 2. The average Bonchev–Trinajstić information content (AvgIpc) is 3.32. The van der Waals surface area contributed by atoms with Crippen LogP contribution in [0.2, 0.25) is 0 Å². The van der Waals surface area contributed by atoms with Gasteiger partial charge in [-0.3, -0.25) is 19.2 Å².